The molecule has 0 saturated carbocycles. The Kier molecular flexibility index (Phi) is 4.03. The van der Waals surface area contributed by atoms with E-state index in [2.05, 4.69) is 25.6 Å². The van der Waals surface area contributed by atoms with Gasteiger partial charge in [-0.2, -0.15) is 0 Å². The second kappa shape index (κ2) is 4.86. The van der Waals surface area contributed by atoms with Crippen LogP contribution >= 0.6 is 15.9 Å². The van der Waals surface area contributed by atoms with Crippen molar-refractivity contribution in [2.75, 3.05) is 6.54 Å². The lowest BCUT2D eigenvalue weighted by atomic mass is 10.5. The van der Waals surface area contributed by atoms with E-state index < -0.39 is 10.0 Å². The molecular weight excluding hydrogens is 268 g/mol. The van der Waals surface area contributed by atoms with E-state index in [0.717, 1.165) is 0 Å². The summed E-state index contributed by atoms with van der Waals surface area (Å²) in [5, 5.41) is 0. The zero-order valence-corrected chi connectivity index (χ0v) is 10.0. The predicted molar refractivity (Wildman–Crippen MR) is 57.8 cm³/mol. The summed E-state index contributed by atoms with van der Waals surface area (Å²) in [6, 6.07) is 3.10. The Hall–Kier alpha value is -0.460. The first-order valence-electron chi connectivity index (χ1n) is 4.06. The largest absolute Gasteiger partial charge is 0.263 e. The molecular formula is C8H11BrN2O2S. The summed E-state index contributed by atoms with van der Waals surface area (Å²) in [4.78, 5) is 4.04. The molecule has 4 nitrogen and oxygen atoms in total. The summed E-state index contributed by atoms with van der Waals surface area (Å²) in [6.45, 7) is 2.23. The van der Waals surface area contributed by atoms with Gasteiger partial charge < -0.3 is 0 Å². The number of nitrogens with zero attached hydrogens (tertiary/aromatic N) is 1. The average Bonchev–Trinajstić information content (AvgIpc) is 2.16. The van der Waals surface area contributed by atoms with Crippen LogP contribution in [-0.2, 0) is 10.0 Å². The normalized spacial score (nSPS) is 13.9. The van der Waals surface area contributed by atoms with Crippen LogP contribution in [0.25, 0.3) is 0 Å². The number of pyridine rings is 1. The van der Waals surface area contributed by atoms with Gasteiger partial charge in [0.2, 0.25) is 10.0 Å². The smallest absolute Gasteiger partial charge is 0.242 e. The van der Waals surface area contributed by atoms with Gasteiger partial charge in [-0.05, 0) is 12.1 Å². The van der Waals surface area contributed by atoms with Crippen LogP contribution in [0.2, 0.25) is 0 Å². The van der Waals surface area contributed by atoms with E-state index in [-0.39, 0.29) is 9.72 Å². The molecule has 1 unspecified atom stereocenters. The van der Waals surface area contributed by atoms with E-state index in [9.17, 15) is 8.42 Å². The first-order chi connectivity index (χ1) is 6.52. The molecule has 0 amide bonds. The van der Waals surface area contributed by atoms with Gasteiger partial charge in [-0.25, -0.2) is 13.1 Å². The van der Waals surface area contributed by atoms with Crippen molar-refractivity contribution in [2.24, 2.45) is 0 Å². The second-order valence-corrected chi connectivity index (χ2v) is 6.15. The lowest BCUT2D eigenvalue weighted by molar-refractivity contribution is 0.581. The second-order valence-electron chi connectivity index (χ2n) is 2.82. The van der Waals surface area contributed by atoms with Gasteiger partial charge in [-0.3, -0.25) is 4.98 Å². The lowest BCUT2D eigenvalue weighted by Crippen LogP contribution is -2.28. The van der Waals surface area contributed by atoms with Crippen molar-refractivity contribution in [1.82, 2.24) is 9.71 Å². The summed E-state index contributed by atoms with van der Waals surface area (Å²) in [7, 11) is -3.40. The summed E-state index contributed by atoms with van der Waals surface area (Å²) in [6.07, 6.45) is 2.85. The molecule has 1 aromatic rings. The van der Waals surface area contributed by atoms with Crippen LogP contribution in [-0.4, -0.2) is 24.8 Å². The molecule has 1 rings (SSSR count). The molecule has 0 aliphatic heterocycles. The van der Waals surface area contributed by atoms with Crippen LogP contribution in [0.5, 0.6) is 0 Å². The minimum atomic E-state index is -3.40. The first kappa shape index (κ1) is 11.6. The van der Waals surface area contributed by atoms with Crippen LogP contribution in [0.3, 0.4) is 0 Å². The number of rotatable bonds is 4. The van der Waals surface area contributed by atoms with Gasteiger partial charge in [0.15, 0.2) is 0 Å². The van der Waals surface area contributed by atoms with Gasteiger partial charge in [-0.15, -0.1) is 0 Å². The highest BCUT2D eigenvalue weighted by Gasteiger charge is 2.13. The minimum absolute atomic E-state index is 0.106. The molecule has 1 N–H and O–H groups in total. The van der Waals surface area contributed by atoms with Gasteiger partial charge in [0, 0.05) is 23.8 Å². The fourth-order valence-electron chi connectivity index (χ4n) is 0.814. The third-order valence-electron chi connectivity index (χ3n) is 1.50. The fourth-order valence-corrected chi connectivity index (χ4v) is 2.28. The number of nitrogens with one attached hydrogen (secondary N) is 1. The summed E-state index contributed by atoms with van der Waals surface area (Å²) in [5.41, 5.74) is 0. The van der Waals surface area contributed by atoms with Crippen molar-refractivity contribution in [1.29, 1.82) is 0 Å². The highest BCUT2D eigenvalue weighted by Crippen LogP contribution is 2.06. The molecule has 78 valence electrons. The number of sulfonamides is 1. The van der Waals surface area contributed by atoms with E-state index in [1.54, 1.807) is 6.07 Å². The average molecular weight is 279 g/mol. The van der Waals surface area contributed by atoms with Crippen molar-refractivity contribution in [3.05, 3.63) is 24.5 Å². The molecule has 0 spiro atoms. The van der Waals surface area contributed by atoms with E-state index in [1.165, 1.54) is 18.5 Å². The highest BCUT2D eigenvalue weighted by atomic mass is 79.9. The Morgan fingerprint density at radius 2 is 2.36 bits per heavy atom. The summed E-state index contributed by atoms with van der Waals surface area (Å²) in [5.74, 6) is 0. The Morgan fingerprint density at radius 1 is 1.64 bits per heavy atom. The van der Waals surface area contributed by atoms with Gasteiger partial charge >= 0.3 is 0 Å². The summed E-state index contributed by atoms with van der Waals surface area (Å²) < 4.78 is 25.6. The number of hydrogen-bond acceptors (Lipinski definition) is 3. The predicted octanol–water partition coefficient (Wildman–Crippen LogP) is 1.14. The maximum atomic E-state index is 11.6. The Labute approximate surface area is 91.9 Å². The quantitative estimate of drug-likeness (QED) is 0.841. The lowest BCUT2D eigenvalue weighted by Gasteiger charge is -2.06. The number of hydrogen-bond donors (Lipinski definition) is 1. The molecule has 0 aliphatic carbocycles. The Bertz CT molecular complexity index is 378. The van der Waals surface area contributed by atoms with Crippen molar-refractivity contribution in [3.8, 4) is 0 Å². The molecule has 6 heteroatoms. The van der Waals surface area contributed by atoms with Crippen LogP contribution in [0.4, 0.5) is 0 Å². The van der Waals surface area contributed by atoms with Gasteiger partial charge in [-0.1, -0.05) is 22.9 Å². The SMILES string of the molecule is CC(Br)CNS(=O)(=O)c1cccnc1. The van der Waals surface area contributed by atoms with Crippen molar-refractivity contribution >= 4 is 26.0 Å². The van der Waals surface area contributed by atoms with Crippen molar-refractivity contribution < 1.29 is 8.42 Å². The van der Waals surface area contributed by atoms with Gasteiger partial charge in [0.25, 0.3) is 0 Å². The van der Waals surface area contributed by atoms with Crippen LogP contribution < -0.4 is 4.72 Å². The van der Waals surface area contributed by atoms with Crippen LogP contribution in [0, 0.1) is 0 Å². The van der Waals surface area contributed by atoms with Crippen LogP contribution in [0.1, 0.15) is 6.92 Å². The molecule has 0 saturated heterocycles. The molecule has 0 fully saturated rings. The summed E-state index contributed by atoms with van der Waals surface area (Å²) >= 11 is 3.26. The molecule has 0 aromatic carbocycles. The van der Waals surface area contributed by atoms with E-state index in [4.69, 9.17) is 0 Å². The van der Waals surface area contributed by atoms with Crippen molar-refractivity contribution in [3.63, 3.8) is 0 Å². The molecule has 0 radical (unpaired) electrons. The van der Waals surface area contributed by atoms with Gasteiger partial charge in [0.1, 0.15) is 4.90 Å². The molecule has 14 heavy (non-hydrogen) atoms. The van der Waals surface area contributed by atoms with E-state index >= 15 is 0 Å². The maximum Gasteiger partial charge on any atom is 0.242 e. The third kappa shape index (κ3) is 3.36. The molecule has 1 aromatic heterocycles. The molecule has 0 aliphatic rings. The first-order valence-corrected chi connectivity index (χ1v) is 6.46. The molecule has 0 bridgehead atoms. The maximum absolute atomic E-state index is 11.6. The zero-order valence-electron chi connectivity index (χ0n) is 7.64. The van der Waals surface area contributed by atoms with Crippen LogP contribution in [0.15, 0.2) is 29.4 Å². The Balaban J connectivity index is 2.77. The minimum Gasteiger partial charge on any atom is -0.263 e. The zero-order chi connectivity index (χ0) is 10.6. The number of aromatic nitrogens is 1. The third-order valence-corrected chi connectivity index (χ3v) is 3.23. The monoisotopic (exact) mass is 278 g/mol. The molecule has 1 heterocycles. The van der Waals surface area contributed by atoms with E-state index in [1.807, 2.05) is 6.92 Å². The van der Waals surface area contributed by atoms with E-state index in [0.29, 0.717) is 6.54 Å². The highest BCUT2D eigenvalue weighted by molar-refractivity contribution is 9.09. The molecule has 1 atom stereocenters. The van der Waals surface area contributed by atoms with Gasteiger partial charge in [0.05, 0.1) is 0 Å². The standard InChI is InChI=1S/C8H11BrN2O2S/c1-7(9)5-11-14(12,13)8-3-2-4-10-6-8/h2-4,6-7,11H,5H2,1H3. The number of halogens is 1. The van der Waals surface area contributed by atoms with Crippen molar-refractivity contribution in [2.45, 2.75) is 16.6 Å². The topological polar surface area (TPSA) is 59.1 Å². The Morgan fingerprint density at radius 3 is 2.86 bits per heavy atom. The number of alkyl halides is 1. The fraction of sp³-hybridized carbons (Fsp3) is 0.375.